The van der Waals surface area contributed by atoms with Crippen molar-refractivity contribution in [2.24, 2.45) is 10.8 Å². The summed E-state index contributed by atoms with van der Waals surface area (Å²) in [4.78, 5) is 16.1. The van der Waals surface area contributed by atoms with E-state index >= 15 is 0 Å². The average molecular weight is 516 g/mol. The Morgan fingerprint density at radius 2 is 1.70 bits per heavy atom. The molecule has 11 heteroatoms. The first-order chi connectivity index (χ1) is 17.7. The van der Waals surface area contributed by atoms with Crippen LogP contribution in [-0.4, -0.2) is 60.6 Å². The number of carbonyl (C=O) groups is 1. The van der Waals surface area contributed by atoms with Crippen LogP contribution in [0.5, 0.6) is 0 Å². The van der Waals surface area contributed by atoms with Crippen molar-refractivity contribution in [2.75, 3.05) is 43.0 Å². The molecule has 1 saturated heterocycles. The predicted octanol–water partition coefficient (Wildman–Crippen LogP) is 3.44. The lowest BCUT2D eigenvalue weighted by Crippen LogP contribution is -2.46. The number of piperazine rings is 1. The number of allylic oxidation sites excluding steroid dienone is 1. The normalized spacial score (nSPS) is 16.6. The molecule has 0 unspecified atom stereocenters. The maximum absolute atomic E-state index is 13.7. The van der Waals surface area contributed by atoms with E-state index in [2.05, 4.69) is 32.7 Å². The highest BCUT2D eigenvalue weighted by Gasteiger charge is 2.38. The number of hydrogen-bond acceptors (Lipinski definition) is 7. The Balaban J connectivity index is 1.44. The zero-order valence-corrected chi connectivity index (χ0v) is 20.8. The monoisotopic (exact) mass is 515 g/mol. The molecule has 2 aliphatic heterocycles. The van der Waals surface area contributed by atoms with Crippen LogP contribution in [-0.2, 0) is 17.6 Å². The zero-order chi connectivity index (χ0) is 26.4. The van der Waals surface area contributed by atoms with Crippen molar-refractivity contribution in [2.45, 2.75) is 32.4 Å². The third-order valence-corrected chi connectivity index (χ3v) is 6.57. The minimum atomic E-state index is -4.56. The van der Waals surface area contributed by atoms with E-state index in [1.165, 1.54) is 5.23 Å². The topological polar surface area (TPSA) is 89.2 Å². The van der Waals surface area contributed by atoms with Gasteiger partial charge in [-0.1, -0.05) is 31.2 Å². The van der Waals surface area contributed by atoms with Crippen LogP contribution < -0.4 is 21.5 Å². The molecule has 0 radical (unpaired) electrons. The molecule has 2 aromatic rings. The van der Waals surface area contributed by atoms with Crippen molar-refractivity contribution in [1.82, 2.24) is 15.6 Å². The molecule has 198 valence electrons. The molecule has 2 heterocycles. The van der Waals surface area contributed by atoms with Gasteiger partial charge in [0.05, 0.1) is 23.4 Å². The number of nitrogens with one attached hydrogen (secondary N) is 2. The molecule has 4 rings (SSSR count). The van der Waals surface area contributed by atoms with Crippen molar-refractivity contribution in [1.29, 1.82) is 0 Å². The number of nitrogens with zero attached hydrogens (tertiary/aromatic N) is 4. The Bertz CT molecular complexity index is 1140. The number of hydrogen-bond donors (Lipinski definition) is 3. The van der Waals surface area contributed by atoms with Gasteiger partial charge in [-0.05, 0) is 54.8 Å². The van der Waals surface area contributed by atoms with E-state index in [1.807, 2.05) is 24.3 Å². The van der Waals surface area contributed by atoms with Crippen LogP contribution in [0.25, 0.3) is 0 Å². The van der Waals surface area contributed by atoms with Gasteiger partial charge < -0.3 is 15.5 Å². The van der Waals surface area contributed by atoms with Crippen LogP contribution in [0.2, 0.25) is 0 Å². The van der Waals surface area contributed by atoms with Crippen molar-refractivity contribution < 1.29 is 18.0 Å². The molecular weight excluding hydrogens is 483 g/mol. The molecule has 0 atom stereocenters. The van der Waals surface area contributed by atoms with Crippen LogP contribution in [0, 0.1) is 0 Å². The first-order valence-corrected chi connectivity index (χ1v) is 12.3. The fraction of sp³-hybridized carbons (Fsp3) is 0.385. The Labute approximate surface area is 214 Å². The zero-order valence-electron chi connectivity index (χ0n) is 20.8. The van der Waals surface area contributed by atoms with Gasteiger partial charge in [0.1, 0.15) is 0 Å². The second kappa shape index (κ2) is 11.5. The van der Waals surface area contributed by atoms with Gasteiger partial charge in [-0.3, -0.25) is 15.6 Å². The highest BCUT2D eigenvalue weighted by atomic mass is 19.4. The first kappa shape index (κ1) is 26.3. The van der Waals surface area contributed by atoms with Gasteiger partial charge in [-0.15, -0.1) is 10.3 Å². The Morgan fingerprint density at radius 3 is 2.32 bits per heavy atom. The molecule has 1 fully saturated rings. The van der Waals surface area contributed by atoms with Crippen molar-refractivity contribution in [3.8, 4) is 0 Å². The van der Waals surface area contributed by atoms with Gasteiger partial charge in [0.2, 0.25) is 5.91 Å². The van der Waals surface area contributed by atoms with Gasteiger partial charge in [-0.25, -0.2) is 0 Å². The third-order valence-electron chi connectivity index (χ3n) is 6.57. The first-order valence-electron chi connectivity index (χ1n) is 12.3. The van der Waals surface area contributed by atoms with Crippen LogP contribution in [0.15, 0.2) is 65.4 Å². The molecule has 37 heavy (non-hydrogen) atoms. The second-order valence-electron chi connectivity index (χ2n) is 9.04. The number of benzene rings is 2. The Hall–Kier alpha value is -3.73. The minimum absolute atomic E-state index is 0.0314. The van der Waals surface area contributed by atoms with Crippen LogP contribution >= 0.6 is 0 Å². The number of hydrazone groups is 1. The quantitative estimate of drug-likeness (QED) is 0.474. The smallest absolute Gasteiger partial charge is 0.369 e. The van der Waals surface area contributed by atoms with Crippen LogP contribution in [0.3, 0.4) is 0 Å². The standard InChI is InChI=1S/C26H32F3N7O/c1-2-34-13-15-35(16-14-34)22-10-8-21(9-11-22)32-36-31-18-23(26(27,28)29)24(33-36)12-7-19-5-3-4-6-20(19)17-25(30)37/h3-6,8-11,18,31-32H,2,7,12-17H2,1H3,(H2,30,37). The molecule has 1 amide bonds. The average Bonchev–Trinajstić information content (AvgIpc) is 2.88. The molecule has 0 saturated carbocycles. The highest BCUT2D eigenvalue weighted by Crippen LogP contribution is 2.30. The van der Waals surface area contributed by atoms with E-state index in [4.69, 9.17) is 5.73 Å². The number of hydrazine groups is 2. The van der Waals surface area contributed by atoms with E-state index < -0.39 is 17.7 Å². The fourth-order valence-electron chi connectivity index (χ4n) is 4.51. The second-order valence-corrected chi connectivity index (χ2v) is 9.04. The van der Waals surface area contributed by atoms with E-state index in [1.54, 1.807) is 24.3 Å². The molecule has 4 N–H and O–H groups in total. The number of carbonyl (C=O) groups excluding carboxylic acids is 1. The Kier molecular flexibility index (Phi) is 8.22. The van der Waals surface area contributed by atoms with Gasteiger partial charge in [0, 0.05) is 38.1 Å². The van der Waals surface area contributed by atoms with E-state index in [9.17, 15) is 18.0 Å². The third kappa shape index (κ3) is 6.94. The fourth-order valence-corrected chi connectivity index (χ4v) is 4.51. The SMILES string of the molecule is CCN1CCN(c2ccc(NN3N=C(CCc4ccccc4CC(N)=O)C(C(F)(F)F)=CN3)cc2)CC1. The molecular formula is C26H32F3N7O. The van der Waals surface area contributed by atoms with Crippen molar-refractivity contribution >= 4 is 23.0 Å². The number of aryl methyl sites for hydroxylation is 1. The van der Waals surface area contributed by atoms with E-state index in [-0.39, 0.29) is 25.0 Å². The van der Waals surface area contributed by atoms with Crippen LogP contribution in [0.4, 0.5) is 24.5 Å². The summed E-state index contributed by atoms with van der Waals surface area (Å²) in [7, 11) is 0. The number of nitrogens with two attached hydrogens (primary N) is 1. The van der Waals surface area contributed by atoms with Gasteiger partial charge >= 0.3 is 6.18 Å². The number of primary amides is 1. The molecule has 2 aromatic carbocycles. The van der Waals surface area contributed by atoms with Gasteiger partial charge in [0.15, 0.2) is 0 Å². The Morgan fingerprint density at radius 1 is 1.03 bits per heavy atom. The summed E-state index contributed by atoms with van der Waals surface area (Å²) in [5.41, 5.74) is 13.2. The molecule has 2 aliphatic rings. The number of halogens is 3. The predicted molar refractivity (Wildman–Crippen MR) is 139 cm³/mol. The lowest BCUT2D eigenvalue weighted by Gasteiger charge is -2.35. The summed E-state index contributed by atoms with van der Waals surface area (Å²) < 4.78 is 41.1. The largest absolute Gasteiger partial charge is 0.419 e. The molecule has 8 nitrogen and oxygen atoms in total. The number of rotatable bonds is 9. The molecule has 0 aromatic heterocycles. The van der Waals surface area contributed by atoms with Crippen molar-refractivity contribution in [3.05, 3.63) is 71.4 Å². The van der Waals surface area contributed by atoms with Gasteiger partial charge in [-0.2, -0.15) is 13.2 Å². The molecule has 0 spiro atoms. The van der Waals surface area contributed by atoms with Crippen LogP contribution in [0.1, 0.15) is 24.5 Å². The number of alkyl halides is 3. The summed E-state index contributed by atoms with van der Waals surface area (Å²) in [5, 5.41) is 5.37. The summed E-state index contributed by atoms with van der Waals surface area (Å²) in [6.07, 6.45) is -3.31. The maximum Gasteiger partial charge on any atom is 0.419 e. The highest BCUT2D eigenvalue weighted by molar-refractivity contribution is 6.01. The van der Waals surface area contributed by atoms with Crippen molar-refractivity contribution in [3.63, 3.8) is 0 Å². The lowest BCUT2D eigenvalue weighted by atomic mass is 9.97. The maximum atomic E-state index is 13.7. The minimum Gasteiger partial charge on any atom is -0.369 e. The van der Waals surface area contributed by atoms with Gasteiger partial charge in [0.25, 0.3) is 0 Å². The van der Waals surface area contributed by atoms with E-state index in [0.717, 1.165) is 50.2 Å². The number of anilines is 2. The number of amides is 1. The lowest BCUT2D eigenvalue weighted by molar-refractivity contribution is -0.117. The van der Waals surface area contributed by atoms with E-state index in [0.29, 0.717) is 11.3 Å². The molecule has 0 bridgehead atoms. The summed E-state index contributed by atoms with van der Waals surface area (Å²) in [5.74, 6) is -0.493. The summed E-state index contributed by atoms with van der Waals surface area (Å²) >= 11 is 0. The number of likely N-dealkylation sites (N-methyl/N-ethyl adjacent to an activating group) is 1. The summed E-state index contributed by atoms with van der Waals surface area (Å²) in [6, 6.07) is 14.8. The molecule has 0 aliphatic carbocycles. The summed E-state index contributed by atoms with van der Waals surface area (Å²) in [6.45, 7) is 7.16.